The van der Waals surface area contributed by atoms with Gasteiger partial charge in [0.2, 0.25) is 0 Å². The van der Waals surface area contributed by atoms with Gasteiger partial charge in [0.05, 0.1) is 72.2 Å². The number of benzene rings is 2. The summed E-state index contributed by atoms with van der Waals surface area (Å²) >= 11 is 0. The van der Waals surface area contributed by atoms with E-state index in [1.807, 2.05) is 12.1 Å². The van der Waals surface area contributed by atoms with E-state index in [4.69, 9.17) is 52.1 Å². The zero-order valence-electron chi connectivity index (χ0n) is 39.2. The lowest BCUT2D eigenvalue weighted by molar-refractivity contribution is -0.292. The van der Waals surface area contributed by atoms with Crippen molar-refractivity contribution in [2.75, 3.05) is 13.7 Å². The minimum atomic E-state index is -0.900. The summed E-state index contributed by atoms with van der Waals surface area (Å²) in [6.07, 6.45) is 2.39. The van der Waals surface area contributed by atoms with Gasteiger partial charge >= 0.3 is 11.9 Å². The van der Waals surface area contributed by atoms with Crippen molar-refractivity contribution < 1.29 is 66.5 Å². The molecule has 2 aromatic rings. The number of hydrogen-bond donors (Lipinski definition) is 0. The van der Waals surface area contributed by atoms with Crippen molar-refractivity contribution >= 4 is 17.7 Å². The van der Waals surface area contributed by atoms with E-state index in [0.29, 0.717) is 36.8 Å². The molecular formula is C54H66O14. The summed E-state index contributed by atoms with van der Waals surface area (Å²) in [5, 5.41) is 0. The summed E-state index contributed by atoms with van der Waals surface area (Å²) in [5.74, 6) is -2.09. The first-order chi connectivity index (χ1) is 33.0. The average Bonchev–Trinajstić information content (AvgIpc) is 4.02. The molecule has 19 atom stereocenters. The number of hydrogen-bond acceptors (Lipinski definition) is 14. The first-order valence-electron chi connectivity index (χ1n) is 25.2. The van der Waals surface area contributed by atoms with E-state index in [-0.39, 0.29) is 105 Å². The molecule has 0 aromatic heterocycles. The molecule has 10 saturated heterocycles. The average molecular weight is 939 g/mol. The topological polar surface area (TPSA) is 153 Å². The number of esters is 2. The van der Waals surface area contributed by atoms with E-state index in [9.17, 15) is 14.4 Å². The molecule has 0 aliphatic carbocycles. The Labute approximate surface area is 398 Å². The van der Waals surface area contributed by atoms with Gasteiger partial charge in [0.15, 0.2) is 5.79 Å². The number of fused-ring (bicyclic) bond motifs is 6. The standard InChI is InChI=1S/C54H66O14/c1-29-21-35-15-17-40-30(2)22-37(60-40)19-20-54-27-45-48(67-54)49-50(66-45)51(68-54)47-41(65-49)18-16-36(62-47)23-34(55)24-39-43(26-42(61-35)31(29)3)64-44(46(39)58-4)25-38(63-53(57)33-13-9-6-10-14-33)28-59-52(56)32-11-7-5-8-12-32/h5-14,29,35-51H,2-3,15-28H2,1,4H3/t29?,35?,36?,37?,38?,39?,40?,41?,42?,43-,44+,45?,46+,47-,48?,49-,50?,51-,54?/m0/s1. The molecule has 14 nitrogen and oxygen atoms in total. The van der Waals surface area contributed by atoms with Crippen LogP contribution in [0, 0.1) is 11.8 Å². The second kappa shape index (κ2) is 19.4. The number of carbonyl (C=O) groups excluding carboxylic acids is 3. The van der Waals surface area contributed by atoms with Gasteiger partial charge in [-0.25, -0.2) is 9.59 Å². The molecule has 10 aliphatic rings. The number of methoxy groups -OCH3 is 1. The Kier molecular flexibility index (Phi) is 13.3. The van der Waals surface area contributed by atoms with E-state index in [1.165, 1.54) is 0 Å². The Morgan fingerprint density at radius 3 is 2.16 bits per heavy atom. The monoisotopic (exact) mass is 938 g/mol. The predicted molar refractivity (Wildman–Crippen MR) is 244 cm³/mol. The molecular weight excluding hydrogens is 873 g/mol. The van der Waals surface area contributed by atoms with Gasteiger partial charge in [0.1, 0.15) is 49.0 Å². The molecule has 0 saturated carbocycles. The normalized spacial score (nSPS) is 42.5. The minimum absolute atomic E-state index is 0.00377. The number of ketones is 1. The van der Waals surface area contributed by atoms with Gasteiger partial charge < -0.3 is 52.1 Å². The van der Waals surface area contributed by atoms with Gasteiger partial charge in [0.25, 0.3) is 0 Å². The van der Waals surface area contributed by atoms with Gasteiger partial charge in [-0.1, -0.05) is 56.5 Å². The SMILES string of the molecule is C=C1CC2CCC34CC5OC6[C@@H](OC7CCC(CC(=O)CC8[C@H](CC9OC(CCC1O2)CC(C)C9=C)O[C@H](CC(COC(=O)c1ccccc1)OC(=O)c1ccccc1)[C@@H]8OC)O[C@@H]7[C@@H]6O3)C5O4. The van der Waals surface area contributed by atoms with Gasteiger partial charge in [-0.05, 0) is 86.3 Å². The number of Topliss-reactive ketones (excluding diaryl/α,β-unsaturated/α-hetero) is 1. The maximum Gasteiger partial charge on any atom is 0.338 e. The van der Waals surface area contributed by atoms with Crippen LogP contribution in [0.3, 0.4) is 0 Å². The fourth-order valence-electron chi connectivity index (χ4n) is 12.9. The summed E-state index contributed by atoms with van der Waals surface area (Å²) < 4.78 is 73.0. The van der Waals surface area contributed by atoms with Crippen LogP contribution in [0.1, 0.15) is 111 Å². The Bertz CT molecular complexity index is 2180. The van der Waals surface area contributed by atoms with Crippen LogP contribution in [0.25, 0.3) is 0 Å². The Morgan fingerprint density at radius 1 is 0.691 bits per heavy atom. The van der Waals surface area contributed by atoms with Crippen LogP contribution in [-0.4, -0.2) is 135 Å². The third kappa shape index (κ3) is 9.30. The molecule has 1 spiro atoms. The zero-order valence-corrected chi connectivity index (χ0v) is 39.2. The fraction of sp³-hybridized carbons (Fsp3) is 0.648. The molecule has 0 radical (unpaired) electrons. The van der Waals surface area contributed by atoms with Crippen molar-refractivity contribution in [1.82, 2.24) is 0 Å². The van der Waals surface area contributed by atoms with Crippen molar-refractivity contribution in [3.63, 3.8) is 0 Å². The highest BCUT2D eigenvalue weighted by Crippen LogP contribution is 2.54. The van der Waals surface area contributed by atoms with Crippen LogP contribution in [0.2, 0.25) is 0 Å². The zero-order chi connectivity index (χ0) is 46.7. The lowest BCUT2D eigenvalue weighted by atomic mass is 9.81. The maximum atomic E-state index is 14.6. The second-order valence-corrected chi connectivity index (χ2v) is 20.9. The van der Waals surface area contributed by atoms with Crippen LogP contribution in [0.15, 0.2) is 85.0 Å². The Balaban J connectivity index is 0.864. The molecule has 68 heavy (non-hydrogen) atoms. The third-order valence-corrected chi connectivity index (χ3v) is 16.4. The molecule has 366 valence electrons. The molecule has 12 bridgehead atoms. The molecule has 10 heterocycles. The van der Waals surface area contributed by atoms with Crippen LogP contribution in [0.4, 0.5) is 0 Å². The highest BCUT2D eigenvalue weighted by Gasteiger charge is 2.69. The second-order valence-electron chi connectivity index (χ2n) is 20.9. The highest BCUT2D eigenvalue weighted by molar-refractivity contribution is 5.90. The molecule has 0 amide bonds. The van der Waals surface area contributed by atoms with E-state index in [2.05, 4.69) is 20.1 Å². The van der Waals surface area contributed by atoms with E-state index >= 15 is 0 Å². The summed E-state index contributed by atoms with van der Waals surface area (Å²) in [6.45, 7) is 11.0. The third-order valence-electron chi connectivity index (χ3n) is 16.4. The molecule has 13 unspecified atom stereocenters. The van der Waals surface area contributed by atoms with E-state index in [1.54, 1.807) is 55.6 Å². The number of carbonyl (C=O) groups is 3. The fourth-order valence-corrected chi connectivity index (χ4v) is 12.9. The van der Waals surface area contributed by atoms with Gasteiger partial charge in [0, 0.05) is 51.6 Å². The summed E-state index contributed by atoms with van der Waals surface area (Å²) in [6, 6.07) is 17.4. The number of rotatable bonds is 8. The first-order valence-corrected chi connectivity index (χ1v) is 25.2. The van der Waals surface area contributed by atoms with Gasteiger partial charge in [-0.3, -0.25) is 4.79 Å². The van der Waals surface area contributed by atoms with Crippen molar-refractivity contribution in [3.05, 3.63) is 96.1 Å². The van der Waals surface area contributed by atoms with Crippen molar-refractivity contribution in [3.8, 4) is 0 Å². The molecule has 14 heteroatoms. The lowest BCUT2D eigenvalue weighted by Gasteiger charge is -2.47. The molecule has 10 fully saturated rings. The highest BCUT2D eigenvalue weighted by atomic mass is 16.8. The van der Waals surface area contributed by atoms with Gasteiger partial charge in [-0.2, -0.15) is 0 Å². The van der Waals surface area contributed by atoms with Crippen LogP contribution in [0.5, 0.6) is 0 Å². The molecule has 0 N–H and O–H groups in total. The Hall–Kier alpha value is -3.83. The predicted octanol–water partition coefficient (Wildman–Crippen LogP) is 7.20. The number of ether oxygens (including phenoxy) is 11. The van der Waals surface area contributed by atoms with Crippen LogP contribution >= 0.6 is 0 Å². The van der Waals surface area contributed by atoms with Gasteiger partial charge in [-0.15, -0.1) is 0 Å². The maximum absolute atomic E-state index is 14.6. The first kappa shape index (κ1) is 46.5. The minimum Gasteiger partial charge on any atom is -0.458 e. The van der Waals surface area contributed by atoms with E-state index < -0.39 is 54.3 Å². The Morgan fingerprint density at radius 2 is 1.38 bits per heavy atom. The summed E-state index contributed by atoms with van der Waals surface area (Å²) in [5.41, 5.74) is 2.84. The van der Waals surface area contributed by atoms with E-state index in [0.717, 1.165) is 49.7 Å². The van der Waals surface area contributed by atoms with Crippen LogP contribution < -0.4 is 0 Å². The molecule has 10 aliphatic heterocycles. The summed E-state index contributed by atoms with van der Waals surface area (Å²) in [4.78, 5) is 41.3. The van der Waals surface area contributed by atoms with Crippen LogP contribution in [-0.2, 0) is 56.9 Å². The van der Waals surface area contributed by atoms with Crippen molar-refractivity contribution in [1.29, 1.82) is 0 Å². The quantitative estimate of drug-likeness (QED) is 0.194. The smallest absolute Gasteiger partial charge is 0.338 e. The molecule has 2 aromatic carbocycles. The van der Waals surface area contributed by atoms with Crippen molar-refractivity contribution in [2.45, 2.75) is 194 Å². The summed E-state index contributed by atoms with van der Waals surface area (Å²) in [7, 11) is 1.62. The lowest BCUT2D eigenvalue weighted by Crippen LogP contribution is -2.61. The molecule has 12 rings (SSSR count). The van der Waals surface area contributed by atoms with Crippen molar-refractivity contribution in [2.24, 2.45) is 11.8 Å². The largest absolute Gasteiger partial charge is 0.458 e.